The van der Waals surface area contributed by atoms with Crippen LogP contribution in [0.2, 0.25) is 0 Å². The van der Waals surface area contributed by atoms with Gasteiger partial charge in [-0.2, -0.15) is 0 Å². The van der Waals surface area contributed by atoms with E-state index in [1.165, 1.54) is 12.1 Å². The highest BCUT2D eigenvalue weighted by molar-refractivity contribution is 5.78. The van der Waals surface area contributed by atoms with Crippen LogP contribution in [0.1, 0.15) is 20.8 Å². The summed E-state index contributed by atoms with van der Waals surface area (Å²) in [7, 11) is 0. The third kappa shape index (κ3) is 4.92. The minimum atomic E-state index is -0.390. The predicted molar refractivity (Wildman–Crippen MR) is 94.2 cm³/mol. The summed E-state index contributed by atoms with van der Waals surface area (Å²) in [4.78, 5) is 26.7. The van der Waals surface area contributed by atoms with Gasteiger partial charge in [-0.15, -0.1) is 0 Å². The summed E-state index contributed by atoms with van der Waals surface area (Å²) in [5.41, 5.74) is 1.09. The van der Waals surface area contributed by atoms with E-state index in [0.717, 1.165) is 31.9 Å². The number of piperazine rings is 1. The van der Waals surface area contributed by atoms with Crippen molar-refractivity contribution < 1.29 is 9.72 Å². The second-order valence-electron chi connectivity index (χ2n) is 6.64. The topological polar surface area (TPSA) is 78.7 Å². The number of benzene rings is 1. The Morgan fingerprint density at radius 1 is 1.17 bits per heavy atom. The maximum atomic E-state index is 12.0. The molecule has 24 heavy (non-hydrogen) atoms. The molecule has 7 heteroatoms. The first-order valence-electron chi connectivity index (χ1n) is 8.38. The molecule has 0 bridgehead atoms. The number of hydrogen-bond donors (Lipinski definition) is 1. The summed E-state index contributed by atoms with van der Waals surface area (Å²) in [5, 5.41) is 13.7. The molecule has 1 aliphatic heterocycles. The average Bonchev–Trinajstić information content (AvgIpc) is 2.55. The highest BCUT2D eigenvalue weighted by Gasteiger charge is 2.20. The van der Waals surface area contributed by atoms with Crippen LogP contribution in [0.25, 0.3) is 0 Å². The van der Waals surface area contributed by atoms with E-state index >= 15 is 0 Å². The maximum Gasteiger partial charge on any atom is 0.269 e. The third-order valence-corrected chi connectivity index (χ3v) is 4.55. The molecular weight excluding hydrogens is 308 g/mol. The Bertz CT molecular complexity index is 566. The van der Waals surface area contributed by atoms with Gasteiger partial charge in [0.15, 0.2) is 0 Å². The molecule has 0 unspecified atom stereocenters. The van der Waals surface area contributed by atoms with Crippen LogP contribution < -0.4 is 10.2 Å². The van der Waals surface area contributed by atoms with Gasteiger partial charge in [0.25, 0.3) is 5.69 Å². The lowest BCUT2D eigenvalue weighted by molar-refractivity contribution is -0.384. The van der Waals surface area contributed by atoms with Crippen LogP contribution in [-0.4, -0.2) is 54.5 Å². The fourth-order valence-electron chi connectivity index (χ4n) is 2.62. The zero-order chi connectivity index (χ0) is 17.7. The second-order valence-corrected chi connectivity index (χ2v) is 6.64. The quantitative estimate of drug-likeness (QED) is 0.635. The number of rotatable bonds is 6. The molecule has 0 aliphatic carbocycles. The fourth-order valence-corrected chi connectivity index (χ4v) is 2.62. The van der Waals surface area contributed by atoms with Crippen LogP contribution in [0.15, 0.2) is 24.3 Å². The molecule has 7 nitrogen and oxygen atoms in total. The van der Waals surface area contributed by atoms with Crippen molar-refractivity contribution in [3.63, 3.8) is 0 Å². The highest BCUT2D eigenvalue weighted by atomic mass is 16.6. The molecule has 1 atom stereocenters. The van der Waals surface area contributed by atoms with Crippen molar-refractivity contribution in [3.05, 3.63) is 34.4 Å². The molecule has 1 aliphatic rings. The first-order valence-corrected chi connectivity index (χ1v) is 8.38. The van der Waals surface area contributed by atoms with Gasteiger partial charge in [0, 0.05) is 50.0 Å². The van der Waals surface area contributed by atoms with Gasteiger partial charge in [-0.3, -0.25) is 19.8 Å². The Balaban J connectivity index is 1.80. The third-order valence-electron chi connectivity index (χ3n) is 4.55. The number of nitrogens with zero attached hydrogens (tertiary/aromatic N) is 3. The van der Waals surface area contributed by atoms with Gasteiger partial charge in [0.05, 0.1) is 11.5 Å². The van der Waals surface area contributed by atoms with Crippen LogP contribution >= 0.6 is 0 Å². The molecule has 2 rings (SSSR count). The number of amides is 1. The van der Waals surface area contributed by atoms with Crippen LogP contribution in [0.4, 0.5) is 11.4 Å². The molecule has 1 heterocycles. The Hall–Kier alpha value is -2.15. The molecule has 1 N–H and O–H groups in total. The summed E-state index contributed by atoms with van der Waals surface area (Å²) in [6.07, 6.45) is 0. The van der Waals surface area contributed by atoms with Crippen molar-refractivity contribution in [1.82, 2.24) is 10.2 Å². The lowest BCUT2D eigenvalue weighted by atomic mass is 10.1. The first-order chi connectivity index (χ1) is 11.4. The van der Waals surface area contributed by atoms with Gasteiger partial charge in [0.1, 0.15) is 0 Å². The lowest BCUT2D eigenvalue weighted by Gasteiger charge is -2.36. The molecule has 1 aromatic rings. The number of non-ortho nitro benzene ring substituents is 1. The number of hydrogen-bond acceptors (Lipinski definition) is 5. The minimum absolute atomic E-state index is 0.0694. The number of nitrogens with one attached hydrogen (secondary N) is 1. The smallest absolute Gasteiger partial charge is 0.269 e. The highest BCUT2D eigenvalue weighted by Crippen LogP contribution is 2.20. The zero-order valence-corrected chi connectivity index (χ0v) is 14.6. The molecular formula is C17H26N4O3. The van der Waals surface area contributed by atoms with E-state index in [2.05, 4.69) is 29.0 Å². The number of anilines is 1. The van der Waals surface area contributed by atoms with E-state index in [1.54, 1.807) is 12.1 Å². The first kappa shape index (κ1) is 18.2. The summed E-state index contributed by atoms with van der Waals surface area (Å²) in [5.74, 6) is 0.493. The van der Waals surface area contributed by atoms with Gasteiger partial charge in [-0.1, -0.05) is 13.8 Å². The number of carbonyl (C=O) groups is 1. The van der Waals surface area contributed by atoms with Crippen LogP contribution in [0.3, 0.4) is 0 Å². The van der Waals surface area contributed by atoms with Crippen LogP contribution in [0.5, 0.6) is 0 Å². The standard InChI is InChI=1S/C17H26N4O3/c1-13(2)14(3)18-17(22)12-19-8-10-20(11-9-19)15-4-6-16(7-5-15)21(23)24/h4-7,13-14H,8-12H2,1-3H3,(H,18,22)/t14-/m0/s1. The second kappa shape index (κ2) is 8.10. The van der Waals surface area contributed by atoms with E-state index in [1.807, 2.05) is 6.92 Å². The fraction of sp³-hybridized carbons (Fsp3) is 0.588. The summed E-state index contributed by atoms with van der Waals surface area (Å²) in [6, 6.07) is 6.81. The molecule has 0 radical (unpaired) electrons. The van der Waals surface area contributed by atoms with E-state index in [9.17, 15) is 14.9 Å². The Morgan fingerprint density at radius 2 is 1.75 bits per heavy atom. The van der Waals surface area contributed by atoms with Crippen molar-refractivity contribution in [2.24, 2.45) is 5.92 Å². The Kier molecular flexibility index (Phi) is 6.14. The summed E-state index contributed by atoms with van der Waals surface area (Å²) >= 11 is 0. The van der Waals surface area contributed by atoms with Gasteiger partial charge >= 0.3 is 0 Å². The van der Waals surface area contributed by atoms with Gasteiger partial charge < -0.3 is 10.2 Å². The number of nitro groups is 1. The number of carbonyl (C=O) groups excluding carboxylic acids is 1. The molecule has 0 spiro atoms. The lowest BCUT2D eigenvalue weighted by Crippen LogP contribution is -2.50. The minimum Gasteiger partial charge on any atom is -0.369 e. The maximum absolute atomic E-state index is 12.0. The summed E-state index contributed by atoms with van der Waals surface area (Å²) in [6.45, 7) is 9.86. The van der Waals surface area contributed by atoms with E-state index in [4.69, 9.17) is 0 Å². The molecule has 1 aromatic carbocycles. The predicted octanol–water partition coefficient (Wildman–Crippen LogP) is 1.88. The zero-order valence-electron chi connectivity index (χ0n) is 14.6. The van der Waals surface area contributed by atoms with Crippen molar-refractivity contribution in [3.8, 4) is 0 Å². The molecule has 1 fully saturated rings. The normalized spacial score (nSPS) is 16.9. The van der Waals surface area contributed by atoms with Crippen LogP contribution in [-0.2, 0) is 4.79 Å². The number of nitro benzene ring substituents is 1. The largest absolute Gasteiger partial charge is 0.369 e. The Morgan fingerprint density at radius 3 is 2.25 bits per heavy atom. The SMILES string of the molecule is CC(C)[C@H](C)NC(=O)CN1CCN(c2ccc([N+](=O)[O-])cc2)CC1. The summed E-state index contributed by atoms with van der Waals surface area (Å²) < 4.78 is 0. The van der Waals surface area contributed by atoms with Crippen molar-refractivity contribution in [2.45, 2.75) is 26.8 Å². The van der Waals surface area contributed by atoms with E-state index in [0.29, 0.717) is 12.5 Å². The molecule has 0 saturated carbocycles. The molecule has 132 valence electrons. The van der Waals surface area contributed by atoms with Crippen molar-refractivity contribution >= 4 is 17.3 Å². The van der Waals surface area contributed by atoms with Gasteiger partial charge in [0.2, 0.25) is 5.91 Å². The van der Waals surface area contributed by atoms with Gasteiger partial charge in [-0.05, 0) is 25.0 Å². The van der Waals surface area contributed by atoms with Gasteiger partial charge in [-0.25, -0.2) is 0 Å². The Labute approximate surface area is 142 Å². The molecule has 1 saturated heterocycles. The van der Waals surface area contributed by atoms with Crippen LogP contribution in [0, 0.1) is 16.0 Å². The molecule has 1 amide bonds. The van der Waals surface area contributed by atoms with E-state index < -0.39 is 4.92 Å². The van der Waals surface area contributed by atoms with Crippen molar-refractivity contribution in [1.29, 1.82) is 0 Å². The average molecular weight is 334 g/mol. The van der Waals surface area contributed by atoms with E-state index in [-0.39, 0.29) is 17.6 Å². The monoisotopic (exact) mass is 334 g/mol. The molecule has 0 aromatic heterocycles. The van der Waals surface area contributed by atoms with Crippen molar-refractivity contribution in [2.75, 3.05) is 37.6 Å².